The third kappa shape index (κ3) is 4.39. The Hall–Kier alpha value is -2.73. The van der Waals surface area contributed by atoms with E-state index in [4.69, 9.17) is 14.7 Å². The first-order chi connectivity index (χ1) is 13.3. The quantitative estimate of drug-likeness (QED) is 0.578. The first-order valence-electron chi connectivity index (χ1n) is 8.77. The molecule has 0 unspecified atom stereocenters. The average Bonchev–Trinajstić information content (AvgIpc) is 2.68. The molecule has 1 heterocycles. The molecule has 0 spiro atoms. The number of nitriles is 1. The number of nitrogens with zero attached hydrogens (tertiary/aromatic N) is 2. The Labute approximate surface area is 164 Å². The molecule has 1 aliphatic heterocycles. The lowest BCUT2D eigenvalue weighted by Crippen LogP contribution is -2.48. The molecule has 1 fully saturated rings. The van der Waals surface area contributed by atoms with Crippen molar-refractivity contribution in [3.63, 3.8) is 0 Å². The zero-order valence-corrected chi connectivity index (χ0v) is 16.3. The summed E-state index contributed by atoms with van der Waals surface area (Å²) in [6, 6.07) is 13.8. The first kappa shape index (κ1) is 20.0. The largest absolute Gasteiger partial charge is 0.423 e. The molecular formula is C20H20N2O5S. The van der Waals surface area contributed by atoms with E-state index in [1.165, 1.54) is 40.7 Å². The number of morpholine rings is 1. The molecule has 0 N–H and O–H groups in total. The molecule has 7 nitrogen and oxygen atoms in total. The van der Waals surface area contributed by atoms with Crippen molar-refractivity contribution in [3.05, 3.63) is 59.7 Å². The molecule has 3 rings (SSSR count). The van der Waals surface area contributed by atoms with Crippen molar-refractivity contribution in [2.75, 3.05) is 13.1 Å². The predicted molar refractivity (Wildman–Crippen MR) is 101 cm³/mol. The van der Waals surface area contributed by atoms with Crippen LogP contribution < -0.4 is 4.74 Å². The summed E-state index contributed by atoms with van der Waals surface area (Å²) in [5.41, 5.74) is 0.688. The van der Waals surface area contributed by atoms with Gasteiger partial charge in [-0.25, -0.2) is 13.2 Å². The minimum absolute atomic E-state index is 0.115. The minimum Gasteiger partial charge on any atom is -0.423 e. The number of hydrogen-bond acceptors (Lipinski definition) is 6. The molecule has 146 valence electrons. The molecular weight excluding hydrogens is 380 g/mol. The zero-order valence-electron chi connectivity index (χ0n) is 15.5. The van der Waals surface area contributed by atoms with Crippen LogP contribution in [-0.2, 0) is 14.8 Å². The second-order valence-electron chi connectivity index (χ2n) is 6.63. The summed E-state index contributed by atoms with van der Waals surface area (Å²) >= 11 is 0. The summed E-state index contributed by atoms with van der Waals surface area (Å²) in [4.78, 5) is 12.4. The van der Waals surface area contributed by atoms with E-state index in [1.54, 1.807) is 12.1 Å². The number of esters is 1. The second-order valence-corrected chi connectivity index (χ2v) is 8.57. The van der Waals surface area contributed by atoms with Crippen molar-refractivity contribution in [2.45, 2.75) is 31.0 Å². The topological polar surface area (TPSA) is 96.7 Å². The van der Waals surface area contributed by atoms with Crippen LogP contribution >= 0.6 is 0 Å². The van der Waals surface area contributed by atoms with Crippen LogP contribution in [0, 0.1) is 11.3 Å². The molecule has 0 aromatic heterocycles. The molecule has 2 aromatic carbocycles. The minimum atomic E-state index is -3.67. The van der Waals surface area contributed by atoms with Gasteiger partial charge in [0, 0.05) is 13.1 Å². The van der Waals surface area contributed by atoms with Crippen molar-refractivity contribution in [2.24, 2.45) is 0 Å². The Morgan fingerprint density at radius 1 is 1.07 bits per heavy atom. The third-order valence-corrected chi connectivity index (χ3v) is 6.15. The number of sulfonamides is 1. The highest BCUT2D eigenvalue weighted by Crippen LogP contribution is 2.22. The van der Waals surface area contributed by atoms with E-state index in [9.17, 15) is 13.2 Å². The van der Waals surface area contributed by atoms with Gasteiger partial charge in [0.25, 0.3) is 0 Å². The van der Waals surface area contributed by atoms with E-state index in [2.05, 4.69) is 0 Å². The van der Waals surface area contributed by atoms with E-state index >= 15 is 0 Å². The lowest BCUT2D eigenvalue weighted by molar-refractivity contribution is -0.0440. The molecule has 28 heavy (non-hydrogen) atoms. The zero-order chi connectivity index (χ0) is 20.3. The second kappa shape index (κ2) is 8.10. The van der Waals surface area contributed by atoms with Gasteiger partial charge in [-0.2, -0.15) is 9.57 Å². The van der Waals surface area contributed by atoms with Gasteiger partial charge in [-0.15, -0.1) is 0 Å². The summed E-state index contributed by atoms with van der Waals surface area (Å²) in [5, 5.41) is 8.79. The van der Waals surface area contributed by atoms with Crippen LogP contribution in [0.4, 0.5) is 0 Å². The van der Waals surface area contributed by atoms with Crippen molar-refractivity contribution < 1.29 is 22.7 Å². The van der Waals surface area contributed by atoms with E-state index in [0.29, 0.717) is 11.3 Å². The van der Waals surface area contributed by atoms with Crippen molar-refractivity contribution in [1.29, 1.82) is 5.26 Å². The van der Waals surface area contributed by atoms with Gasteiger partial charge in [0.1, 0.15) is 5.75 Å². The van der Waals surface area contributed by atoms with Crippen LogP contribution in [0.25, 0.3) is 0 Å². The fraction of sp³-hybridized carbons (Fsp3) is 0.300. The van der Waals surface area contributed by atoms with Gasteiger partial charge in [0.2, 0.25) is 10.0 Å². The highest BCUT2D eigenvalue weighted by Gasteiger charge is 2.32. The number of rotatable bonds is 4. The Balaban J connectivity index is 1.73. The predicted octanol–water partition coefficient (Wildman–Crippen LogP) is 2.58. The molecule has 0 radical (unpaired) electrons. The molecule has 2 aromatic rings. The molecule has 0 aliphatic carbocycles. The van der Waals surface area contributed by atoms with Gasteiger partial charge in [-0.3, -0.25) is 0 Å². The fourth-order valence-corrected chi connectivity index (χ4v) is 4.59. The number of ether oxygens (including phenoxy) is 2. The molecule has 0 amide bonds. The molecule has 8 heteroatoms. The summed E-state index contributed by atoms with van der Waals surface area (Å²) in [6.07, 6.45) is -0.361. The van der Waals surface area contributed by atoms with Gasteiger partial charge < -0.3 is 9.47 Å². The Morgan fingerprint density at radius 2 is 1.64 bits per heavy atom. The normalized spacial score (nSPS) is 20.3. The van der Waals surface area contributed by atoms with Crippen LogP contribution in [0.5, 0.6) is 5.75 Å². The monoisotopic (exact) mass is 400 g/mol. The highest BCUT2D eigenvalue weighted by molar-refractivity contribution is 7.89. The number of carbonyl (C=O) groups excluding carboxylic acids is 1. The Morgan fingerprint density at radius 3 is 2.18 bits per heavy atom. The molecule has 1 aliphatic rings. The summed E-state index contributed by atoms with van der Waals surface area (Å²) in [6.45, 7) is 4.24. The maximum Gasteiger partial charge on any atom is 0.343 e. The van der Waals surface area contributed by atoms with Crippen LogP contribution in [0.2, 0.25) is 0 Å². The average molecular weight is 400 g/mol. The SMILES string of the molecule is C[C@@H]1CN(S(=O)(=O)c2ccc(C(=O)Oc3ccc(C#N)cc3)cc2)C[C@H](C)O1. The van der Waals surface area contributed by atoms with Gasteiger partial charge in [0.15, 0.2) is 0 Å². The molecule has 0 bridgehead atoms. The fourth-order valence-electron chi connectivity index (χ4n) is 3.00. The maximum atomic E-state index is 12.8. The number of benzene rings is 2. The lowest BCUT2D eigenvalue weighted by atomic mass is 10.2. The first-order valence-corrected chi connectivity index (χ1v) is 10.2. The number of carbonyl (C=O) groups is 1. The standard InChI is InChI=1S/C20H20N2O5S/c1-14-12-22(13-15(2)26-14)28(24,25)19-9-5-17(6-10-19)20(23)27-18-7-3-16(11-21)4-8-18/h3-10,14-15H,12-13H2,1-2H3/t14-,15+. The van der Waals surface area contributed by atoms with Crippen LogP contribution in [-0.4, -0.2) is 44.0 Å². The summed E-state index contributed by atoms with van der Waals surface area (Å²) in [5.74, 6) is -0.306. The summed E-state index contributed by atoms with van der Waals surface area (Å²) in [7, 11) is -3.67. The lowest BCUT2D eigenvalue weighted by Gasteiger charge is -2.34. The van der Waals surface area contributed by atoms with E-state index < -0.39 is 16.0 Å². The summed E-state index contributed by atoms with van der Waals surface area (Å²) < 4.78 is 37.9. The molecule has 0 saturated carbocycles. The van der Waals surface area contributed by atoms with Gasteiger partial charge in [0.05, 0.1) is 34.3 Å². The van der Waals surface area contributed by atoms with Gasteiger partial charge in [-0.1, -0.05) is 0 Å². The Bertz CT molecular complexity index is 984. The van der Waals surface area contributed by atoms with E-state index in [0.717, 1.165) is 0 Å². The number of hydrogen-bond donors (Lipinski definition) is 0. The smallest absolute Gasteiger partial charge is 0.343 e. The van der Waals surface area contributed by atoms with Crippen molar-refractivity contribution >= 4 is 16.0 Å². The van der Waals surface area contributed by atoms with Gasteiger partial charge in [-0.05, 0) is 62.4 Å². The Kier molecular flexibility index (Phi) is 5.79. The highest BCUT2D eigenvalue weighted by atomic mass is 32.2. The van der Waals surface area contributed by atoms with Crippen molar-refractivity contribution in [3.8, 4) is 11.8 Å². The molecule has 1 saturated heterocycles. The van der Waals surface area contributed by atoms with Crippen LogP contribution in [0.3, 0.4) is 0 Å². The van der Waals surface area contributed by atoms with E-state index in [-0.39, 0.29) is 35.8 Å². The van der Waals surface area contributed by atoms with E-state index in [1.807, 2.05) is 19.9 Å². The van der Waals surface area contributed by atoms with Crippen LogP contribution in [0.15, 0.2) is 53.4 Å². The van der Waals surface area contributed by atoms with Gasteiger partial charge >= 0.3 is 5.97 Å². The van der Waals surface area contributed by atoms with Crippen molar-refractivity contribution in [1.82, 2.24) is 4.31 Å². The third-order valence-electron chi connectivity index (χ3n) is 4.31. The van der Waals surface area contributed by atoms with Crippen LogP contribution in [0.1, 0.15) is 29.8 Å². The molecule has 2 atom stereocenters. The maximum absolute atomic E-state index is 12.8.